The predicted octanol–water partition coefficient (Wildman–Crippen LogP) is 1.16. The highest BCUT2D eigenvalue weighted by Crippen LogP contribution is 2.26. The highest BCUT2D eigenvalue weighted by atomic mass is 16.3. The average Bonchev–Trinajstić information content (AvgIpc) is 2.76. The minimum absolute atomic E-state index is 0.0602. The summed E-state index contributed by atoms with van der Waals surface area (Å²) in [7, 11) is 0. The summed E-state index contributed by atoms with van der Waals surface area (Å²) in [5.74, 6) is -0.275. The van der Waals surface area contributed by atoms with Gasteiger partial charge in [0.2, 0.25) is 0 Å². The van der Waals surface area contributed by atoms with Crippen molar-refractivity contribution >= 4 is 5.91 Å². The van der Waals surface area contributed by atoms with Gasteiger partial charge in [0.05, 0.1) is 17.9 Å². The Labute approximate surface area is 106 Å². The third-order valence-electron chi connectivity index (χ3n) is 3.28. The summed E-state index contributed by atoms with van der Waals surface area (Å²) in [6.07, 6.45) is 4.77. The molecule has 98 valence electrons. The number of nitrogens with zero attached hydrogens (tertiary/aromatic N) is 2. The monoisotopic (exact) mass is 250 g/mol. The fourth-order valence-corrected chi connectivity index (χ4v) is 2.46. The fourth-order valence-electron chi connectivity index (χ4n) is 2.46. The molecule has 0 spiro atoms. The van der Waals surface area contributed by atoms with Gasteiger partial charge in [0.25, 0.3) is 5.91 Å². The number of amides is 1. The maximum Gasteiger partial charge on any atom is 0.257 e. The van der Waals surface area contributed by atoms with Crippen LogP contribution in [0.4, 0.5) is 0 Å². The molecule has 0 radical (unpaired) electrons. The van der Waals surface area contributed by atoms with Gasteiger partial charge < -0.3 is 15.1 Å². The number of likely N-dealkylation sites (tertiary alicyclic amines) is 1. The molecule has 0 aromatic carbocycles. The molecule has 1 saturated heterocycles. The topological polar surface area (TPSA) is 73.7 Å². The summed E-state index contributed by atoms with van der Waals surface area (Å²) < 4.78 is 0. The van der Waals surface area contributed by atoms with Crippen molar-refractivity contribution < 1.29 is 15.0 Å². The maximum absolute atomic E-state index is 12.3. The second kappa shape index (κ2) is 5.35. The van der Waals surface area contributed by atoms with Crippen LogP contribution in [-0.2, 0) is 0 Å². The Balaban J connectivity index is 2.15. The zero-order valence-electron chi connectivity index (χ0n) is 10.4. The van der Waals surface area contributed by atoms with Crippen LogP contribution in [0.25, 0.3) is 0 Å². The number of hydrogen-bond acceptors (Lipinski definition) is 4. The molecule has 0 saturated carbocycles. The molecule has 18 heavy (non-hydrogen) atoms. The Bertz CT molecular complexity index is 434. The second-order valence-electron chi connectivity index (χ2n) is 4.77. The van der Waals surface area contributed by atoms with Gasteiger partial charge in [0, 0.05) is 18.8 Å². The Kier molecular flexibility index (Phi) is 3.81. The quantitative estimate of drug-likeness (QED) is 0.844. The number of rotatable bonds is 3. The summed E-state index contributed by atoms with van der Waals surface area (Å²) in [5.41, 5.74) is 0.280. The van der Waals surface area contributed by atoms with Gasteiger partial charge in [-0.1, -0.05) is 0 Å². The number of aliphatic hydroxyl groups is 1. The molecule has 1 fully saturated rings. The first kappa shape index (κ1) is 12.8. The van der Waals surface area contributed by atoms with Crippen molar-refractivity contribution in [2.75, 3.05) is 6.54 Å². The van der Waals surface area contributed by atoms with Gasteiger partial charge in [-0.25, -0.2) is 0 Å². The zero-order valence-corrected chi connectivity index (χ0v) is 10.4. The molecule has 1 aromatic rings. The van der Waals surface area contributed by atoms with Crippen LogP contribution in [0, 0.1) is 0 Å². The average molecular weight is 250 g/mol. The minimum Gasteiger partial charge on any atom is -0.505 e. The lowest BCUT2D eigenvalue weighted by molar-refractivity contribution is 0.0679. The first-order valence-corrected chi connectivity index (χ1v) is 6.21. The van der Waals surface area contributed by atoms with Gasteiger partial charge in [-0.15, -0.1) is 0 Å². The van der Waals surface area contributed by atoms with Crippen molar-refractivity contribution in [2.24, 2.45) is 0 Å². The lowest BCUT2D eigenvalue weighted by Gasteiger charge is -2.25. The molecular formula is C13H18N2O3. The van der Waals surface area contributed by atoms with E-state index in [0.717, 1.165) is 12.8 Å². The smallest absolute Gasteiger partial charge is 0.257 e. The fraction of sp³-hybridized carbons (Fsp3) is 0.538. The van der Waals surface area contributed by atoms with Crippen molar-refractivity contribution in [3.8, 4) is 5.75 Å². The minimum atomic E-state index is -0.422. The molecule has 0 aliphatic carbocycles. The second-order valence-corrected chi connectivity index (χ2v) is 4.77. The van der Waals surface area contributed by atoms with Crippen LogP contribution < -0.4 is 0 Å². The number of carbonyl (C=O) groups excluding carboxylic acids is 1. The first-order valence-electron chi connectivity index (χ1n) is 6.21. The van der Waals surface area contributed by atoms with Gasteiger partial charge in [-0.05, 0) is 32.3 Å². The van der Waals surface area contributed by atoms with E-state index in [1.165, 1.54) is 18.5 Å². The van der Waals surface area contributed by atoms with Gasteiger partial charge in [-0.2, -0.15) is 0 Å². The van der Waals surface area contributed by atoms with E-state index in [0.29, 0.717) is 13.0 Å². The van der Waals surface area contributed by atoms with E-state index in [4.69, 9.17) is 0 Å². The lowest BCUT2D eigenvalue weighted by atomic mass is 10.1. The summed E-state index contributed by atoms with van der Waals surface area (Å²) in [6.45, 7) is 2.41. The van der Waals surface area contributed by atoms with E-state index in [1.807, 2.05) is 0 Å². The van der Waals surface area contributed by atoms with Crippen LogP contribution in [0.1, 0.15) is 36.5 Å². The van der Waals surface area contributed by atoms with Gasteiger partial charge in [0.15, 0.2) is 0 Å². The molecule has 1 aromatic heterocycles. The van der Waals surface area contributed by atoms with E-state index in [9.17, 15) is 15.0 Å². The highest BCUT2D eigenvalue weighted by Gasteiger charge is 2.31. The van der Waals surface area contributed by atoms with E-state index >= 15 is 0 Å². The zero-order chi connectivity index (χ0) is 13.1. The van der Waals surface area contributed by atoms with Crippen molar-refractivity contribution in [3.05, 3.63) is 24.0 Å². The van der Waals surface area contributed by atoms with Crippen LogP contribution in [-0.4, -0.2) is 44.7 Å². The number of aliphatic hydroxyl groups excluding tert-OH is 1. The van der Waals surface area contributed by atoms with E-state index in [-0.39, 0.29) is 23.3 Å². The molecule has 0 bridgehead atoms. The number of aromatic nitrogens is 1. The molecule has 2 unspecified atom stereocenters. The molecule has 1 aliphatic heterocycles. The molecule has 1 aliphatic rings. The van der Waals surface area contributed by atoms with Crippen molar-refractivity contribution in [1.29, 1.82) is 0 Å². The normalized spacial score (nSPS) is 21.0. The maximum atomic E-state index is 12.3. The standard InChI is InChI=1S/C13H18N2O3/c1-9(16)7-10-3-2-6-15(10)13(18)11-4-5-14-8-12(11)17/h4-5,8-10,16-17H,2-3,6-7H2,1H3. The van der Waals surface area contributed by atoms with Crippen LogP contribution >= 0.6 is 0 Å². The van der Waals surface area contributed by atoms with E-state index < -0.39 is 6.10 Å². The first-order chi connectivity index (χ1) is 8.59. The molecular weight excluding hydrogens is 232 g/mol. The summed E-state index contributed by atoms with van der Waals surface area (Å²) >= 11 is 0. The molecule has 2 rings (SSSR count). The molecule has 2 atom stereocenters. The number of hydrogen-bond donors (Lipinski definition) is 2. The Morgan fingerprint density at radius 3 is 3.11 bits per heavy atom. The van der Waals surface area contributed by atoms with Crippen LogP contribution in [0.15, 0.2) is 18.5 Å². The molecule has 5 heteroatoms. The Morgan fingerprint density at radius 2 is 2.44 bits per heavy atom. The van der Waals surface area contributed by atoms with Crippen molar-refractivity contribution in [2.45, 2.75) is 38.3 Å². The van der Waals surface area contributed by atoms with Crippen LogP contribution in [0.5, 0.6) is 5.75 Å². The number of pyridine rings is 1. The van der Waals surface area contributed by atoms with Gasteiger partial charge >= 0.3 is 0 Å². The summed E-state index contributed by atoms with van der Waals surface area (Å²) in [4.78, 5) is 17.8. The number of carbonyl (C=O) groups is 1. The Morgan fingerprint density at radius 1 is 1.67 bits per heavy atom. The molecule has 5 nitrogen and oxygen atoms in total. The Hall–Kier alpha value is -1.62. The van der Waals surface area contributed by atoms with E-state index in [2.05, 4.69) is 4.98 Å². The molecule has 1 amide bonds. The largest absolute Gasteiger partial charge is 0.505 e. The summed E-state index contributed by atoms with van der Waals surface area (Å²) in [5, 5.41) is 19.1. The SMILES string of the molecule is CC(O)CC1CCCN1C(=O)c1ccncc1O. The third kappa shape index (κ3) is 2.61. The van der Waals surface area contributed by atoms with Gasteiger partial charge in [0.1, 0.15) is 5.75 Å². The predicted molar refractivity (Wildman–Crippen MR) is 66.3 cm³/mol. The van der Waals surface area contributed by atoms with Crippen molar-refractivity contribution in [3.63, 3.8) is 0 Å². The van der Waals surface area contributed by atoms with E-state index in [1.54, 1.807) is 11.8 Å². The summed E-state index contributed by atoms with van der Waals surface area (Å²) in [6, 6.07) is 1.58. The van der Waals surface area contributed by atoms with Crippen LogP contribution in [0.2, 0.25) is 0 Å². The number of aromatic hydroxyl groups is 1. The van der Waals surface area contributed by atoms with Crippen molar-refractivity contribution in [1.82, 2.24) is 9.88 Å². The highest BCUT2D eigenvalue weighted by molar-refractivity contribution is 5.96. The third-order valence-corrected chi connectivity index (χ3v) is 3.28. The van der Waals surface area contributed by atoms with Gasteiger partial charge in [-0.3, -0.25) is 9.78 Å². The molecule has 2 heterocycles. The molecule has 2 N–H and O–H groups in total. The van der Waals surface area contributed by atoms with Crippen LogP contribution in [0.3, 0.4) is 0 Å². The lowest BCUT2D eigenvalue weighted by Crippen LogP contribution is -2.37.